The van der Waals surface area contributed by atoms with E-state index in [0.29, 0.717) is 0 Å². The van der Waals surface area contributed by atoms with E-state index >= 15 is 0 Å². The molecule has 0 fully saturated rings. The Morgan fingerprint density at radius 2 is 1.88 bits per heavy atom. The average molecular weight is 225 g/mol. The molecule has 0 amide bonds. The van der Waals surface area contributed by atoms with Crippen molar-refractivity contribution in [3.63, 3.8) is 0 Å². The molecule has 1 aromatic heterocycles. The van der Waals surface area contributed by atoms with Gasteiger partial charge in [0.15, 0.2) is 0 Å². The highest BCUT2D eigenvalue weighted by atomic mass is 15.3. The van der Waals surface area contributed by atoms with Crippen molar-refractivity contribution in [1.29, 1.82) is 5.26 Å². The van der Waals surface area contributed by atoms with Crippen LogP contribution in [0.2, 0.25) is 0 Å². The normalized spacial score (nSPS) is 11.2. The van der Waals surface area contributed by atoms with Gasteiger partial charge in [0.05, 0.1) is 22.9 Å². The molecule has 1 heterocycles. The maximum Gasteiger partial charge on any atom is 0.0955 e. The fourth-order valence-corrected chi connectivity index (χ4v) is 1.67. The lowest BCUT2D eigenvalue weighted by atomic mass is 9.91. The highest BCUT2D eigenvalue weighted by Gasteiger charge is 2.24. The molecule has 0 saturated heterocycles. The second-order valence-corrected chi connectivity index (χ2v) is 4.66. The van der Waals surface area contributed by atoms with Crippen LogP contribution in [0.1, 0.15) is 25.2 Å². The molecule has 0 atom stereocenters. The first-order valence-electron chi connectivity index (χ1n) is 5.58. The molecule has 17 heavy (non-hydrogen) atoms. The van der Waals surface area contributed by atoms with Gasteiger partial charge >= 0.3 is 0 Å². The summed E-state index contributed by atoms with van der Waals surface area (Å²) in [5, 5.41) is 13.6. The Labute approximate surface area is 101 Å². The number of nitriles is 1. The standard InChI is InChI=1S/C14H15N3/c1-11-9-13(14(2,3)10-15)16-17(11)12-7-5-4-6-8-12/h4-9H,1-3H3. The van der Waals surface area contributed by atoms with E-state index in [0.717, 1.165) is 17.1 Å². The summed E-state index contributed by atoms with van der Waals surface area (Å²) in [6.45, 7) is 5.76. The molecule has 0 radical (unpaired) electrons. The van der Waals surface area contributed by atoms with Crippen LogP contribution < -0.4 is 0 Å². The summed E-state index contributed by atoms with van der Waals surface area (Å²) in [6, 6.07) is 14.2. The van der Waals surface area contributed by atoms with Crippen molar-refractivity contribution in [3.8, 4) is 11.8 Å². The Morgan fingerprint density at radius 3 is 2.47 bits per heavy atom. The molecule has 0 aliphatic carbocycles. The monoisotopic (exact) mass is 225 g/mol. The zero-order valence-electron chi connectivity index (χ0n) is 10.3. The molecule has 0 unspecified atom stereocenters. The number of hydrogen-bond donors (Lipinski definition) is 0. The minimum atomic E-state index is -0.551. The third kappa shape index (κ3) is 2.07. The lowest BCUT2D eigenvalue weighted by molar-refractivity contribution is 0.642. The number of hydrogen-bond acceptors (Lipinski definition) is 2. The van der Waals surface area contributed by atoms with Gasteiger partial charge < -0.3 is 0 Å². The lowest BCUT2D eigenvalue weighted by Gasteiger charge is -2.10. The second-order valence-electron chi connectivity index (χ2n) is 4.66. The van der Waals surface area contributed by atoms with Crippen LogP contribution in [0, 0.1) is 18.3 Å². The maximum atomic E-state index is 9.12. The van der Waals surface area contributed by atoms with E-state index in [4.69, 9.17) is 5.26 Å². The van der Waals surface area contributed by atoms with Gasteiger partial charge in [-0.2, -0.15) is 10.4 Å². The SMILES string of the molecule is Cc1cc(C(C)(C)C#N)nn1-c1ccccc1. The molecule has 0 aliphatic rings. The summed E-state index contributed by atoms with van der Waals surface area (Å²) in [7, 11) is 0. The third-order valence-electron chi connectivity index (χ3n) is 2.81. The third-order valence-corrected chi connectivity index (χ3v) is 2.81. The van der Waals surface area contributed by atoms with Crippen molar-refractivity contribution < 1.29 is 0 Å². The van der Waals surface area contributed by atoms with Gasteiger partial charge in [-0.05, 0) is 39.0 Å². The predicted molar refractivity (Wildman–Crippen MR) is 66.9 cm³/mol. The van der Waals surface area contributed by atoms with Gasteiger partial charge in [-0.15, -0.1) is 0 Å². The number of rotatable bonds is 2. The quantitative estimate of drug-likeness (QED) is 0.788. The van der Waals surface area contributed by atoms with E-state index in [2.05, 4.69) is 11.2 Å². The molecule has 3 nitrogen and oxygen atoms in total. The zero-order chi connectivity index (χ0) is 12.5. The molecule has 2 rings (SSSR count). The van der Waals surface area contributed by atoms with Crippen LogP contribution in [0.3, 0.4) is 0 Å². The average Bonchev–Trinajstić information content (AvgIpc) is 2.73. The lowest BCUT2D eigenvalue weighted by Crippen LogP contribution is -2.15. The number of benzene rings is 1. The van der Waals surface area contributed by atoms with Gasteiger partial charge in [-0.3, -0.25) is 0 Å². The molecule has 3 heteroatoms. The second kappa shape index (κ2) is 4.06. The van der Waals surface area contributed by atoms with Crippen LogP contribution in [0.25, 0.3) is 5.69 Å². The van der Waals surface area contributed by atoms with Gasteiger partial charge in [-0.25, -0.2) is 4.68 Å². The fraction of sp³-hybridized carbons (Fsp3) is 0.286. The Kier molecular flexibility index (Phi) is 2.72. The molecule has 0 saturated carbocycles. The topological polar surface area (TPSA) is 41.6 Å². The summed E-state index contributed by atoms with van der Waals surface area (Å²) in [6.07, 6.45) is 0. The highest BCUT2D eigenvalue weighted by Crippen LogP contribution is 2.23. The maximum absolute atomic E-state index is 9.12. The van der Waals surface area contributed by atoms with Gasteiger partial charge in [0.1, 0.15) is 0 Å². The van der Waals surface area contributed by atoms with Crippen LogP contribution in [-0.4, -0.2) is 9.78 Å². The highest BCUT2D eigenvalue weighted by molar-refractivity contribution is 5.35. The van der Waals surface area contributed by atoms with E-state index in [9.17, 15) is 0 Å². The van der Waals surface area contributed by atoms with E-state index in [-0.39, 0.29) is 0 Å². The number of nitrogens with zero attached hydrogens (tertiary/aromatic N) is 3. The Balaban J connectivity index is 2.50. The molecule has 2 aromatic rings. The molecule has 0 aliphatic heterocycles. The first-order valence-corrected chi connectivity index (χ1v) is 5.58. The van der Waals surface area contributed by atoms with E-state index in [1.54, 1.807) is 0 Å². The van der Waals surface area contributed by atoms with Crippen LogP contribution in [-0.2, 0) is 5.41 Å². The number of aromatic nitrogens is 2. The summed E-state index contributed by atoms with van der Waals surface area (Å²) >= 11 is 0. The van der Waals surface area contributed by atoms with E-state index in [1.165, 1.54) is 0 Å². The van der Waals surface area contributed by atoms with Crippen LogP contribution in [0.4, 0.5) is 0 Å². The fourth-order valence-electron chi connectivity index (χ4n) is 1.67. The van der Waals surface area contributed by atoms with Crippen molar-refractivity contribution in [2.45, 2.75) is 26.2 Å². The first-order chi connectivity index (χ1) is 8.04. The summed E-state index contributed by atoms with van der Waals surface area (Å²) in [5.74, 6) is 0. The molecule has 86 valence electrons. The summed E-state index contributed by atoms with van der Waals surface area (Å²) in [5.41, 5.74) is 2.31. The van der Waals surface area contributed by atoms with Crippen LogP contribution >= 0.6 is 0 Å². The molecule has 1 aromatic carbocycles. The predicted octanol–water partition coefficient (Wildman–Crippen LogP) is 2.98. The largest absolute Gasteiger partial charge is 0.238 e. The van der Waals surface area contributed by atoms with Gasteiger partial charge in [0.2, 0.25) is 0 Å². The molecule has 0 N–H and O–H groups in total. The number of aryl methyl sites for hydroxylation is 1. The molecular weight excluding hydrogens is 210 g/mol. The minimum absolute atomic E-state index is 0.551. The Bertz CT molecular complexity index is 559. The number of para-hydroxylation sites is 1. The van der Waals surface area contributed by atoms with Crippen molar-refractivity contribution in [3.05, 3.63) is 47.8 Å². The van der Waals surface area contributed by atoms with Crippen molar-refractivity contribution in [1.82, 2.24) is 9.78 Å². The Morgan fingerprint density at radius 1 is 1.24 bits per heavy atom. The van der Waals surface area contributed by atoms with E-state index < -0.39 is 5.41 Å². The van der Waals surface area contributed by atoms with Crippen LogP contribution in [0.5, 0.6) is 0 Å². The van der Waals surface area contributed by atoms with Gasteiger partial charge in [-0.1, -0.05) is 18.2 Å². The molecule has 0 spiro atoms. The first kappa shape index (κ1) is 11.4. The van der Waals surface area contributed by atoms with Gasteiger partial charge in [0.25, 0.3) is 0 Å². The van der Waals surface area contributed by atoms with Crippen LogP contribution in [0.15, 0.2) is 36.4 Å². The Hall–Kier alpha value is -2.08. The van der Waals surface area contributed by atoms with Gasteiger partial charge in [0, 0.05) is 5.69 Å². The smallest absolute Gasteiger partial charge is 0.0955 e. The van der Waals surface area contributed by atoms with Crippen molar-refractivity contribution >= 4 is 0 Å². The molecule has 0 bridgehead atoms. The van der Waals surface area contributed by atoms with Crippen molar-refractivity contribution in [2.24, 2.45) is 0 Å². The zero-order valence-corrected chi connectivity index (χ0v) is 10.3. The molecular formula is C14H15N3. The summed E-state index contributed by atoms with van der Waals surface area (Å²) < 4.78 is 1.87. The van der Waals surface area contributed by atoms with Crippen molar-refractivity contribution in [2.75, 3.05) is 0 Å². The summed E-state index contributed by atoms with van der Waals surface area (Å²) in [4.78, 5) is 0. The van der Waals surface area contributed by atoms with E-state index in [1.807, 2.05) is 61.9 Å². The minimum Gasteiger partial charge on any atom is -0.238 e.